The number of fused-ring (bicyclic) bond motifs is 1. The summed E-state index contributed by atoms with van der Waals surface area (Å²) in [4.78, 5) is 12.2. The first-order valence-corrected chi connectivity index (χ1v) is 7.19. The van der Waals surface area contributed by atoms with Crippen molar-refractivity contribution in [1.82, 2.24) is 19.5 Å². The zero-order chi connectivity index (χ0) is 15.1. The van der Waals surface area contributed by atoms with Crippen molar-refractivity contribution in [2.75, 3.05) is 5.73 Å². The summed E-state index contributed by atoms with van der Waals surface area (Å²) in [6.45, 7) is 1.82. The first kappa shape index (κ1) is 14.5. The van der Waals surface area contributed by atoms with Crippen LogP contribution in [0.2, 0.25) is 0 Å². The Balaban J connectivity index is 1.98. The highest BCUT2D eigenvalue weighted by Gasteiger charge is 2.45. The number of hydrogen-bond acceptors (Lipinski definition) is 8. The third-order valence-electron chi connectivity index (χ3n) is 3.73. The van der Waals surface area contributed by atoms with Crippen LogP contribution in [0, 0.1) is 0 Å². The van der Waals surface area contributed by atoms with Crippen molar-refractivity contribution in [1.29, 1.82) is 0 Å². The van der Waals surface area contributed by atoms with Crippen LogP contribution >= 0.6 is 12.6 Å². The molecule has 0 spiro atoms. The minimum Gasteiger partial charge on any atom is -0.390 e. The predicted octanol–water partition coefficient (Wildman–Crippen LogP) is -0.264. The maximum atomic E-state index is 10.2. The Morgan fingerprint density at radius 2 is 2.24 bits per heavy atom. The van der Waals surface area contributed by atoms with Crippen LogP contribution in [-0.4, -0.2) is 53.3 Å². The number of hydrogen-bond donors (Lipinski definition) is 4. The molecule has 9 heteroatoms. The molecule has 1 aliphatic rings. The minimum absolute atomic E-state index is 0.276. The lowest BCUT2D eigenvalue weighted by atomic mass is 10.1. The average molecular weight is 311 g/mol. The number of ether oxygens (including phenoxy) is 1. The third kappa shape index (κ3) is 2.26. The van der Waals surface area contributed by atoms with Crippen molar-refractivity contribution in [3.05, 3.63) is 12.7 Å². The van der Waals surface area contributed by atoms with Gasteiger partial charge in [-0.3, -0.25) is 4.57 Å². The van der Waals surface area contributed by atoms with E-state index >= 15 is 0 Å². The highest BCUT2D eigenvalue weighted by Crippen LogP contribution is 2.36. The summed E-state index contributed by atoms with van der Waals surface area (Å²) < 4.78 is 7.43. The molecule has 2 aromatic heterocycles. The molecular weight excluding hydrogens is 294 g/mol. The van der Waals surface area contributed by atoms with Gasteiger partial charge in [0.1, 0.15) is 17.9 Å². The molecule has 114 valence electrons. The Morgan fingerprint density at radius 3 is 2.95 bits per heavy atom. The zero-order valence-electron chi connectivity index (χ0n) is 11.4. The molecule has 0 aliphatic carbocycles. The van der Waals surface area contributed by atoms with E-state index in [4.69, 9.17) is 10.5 Å². The molecule has 5 atom stereocenters. The molecule has 0 radical (unpaired) electrons. The van der Waals surface area contributed by atoms with Crippen molar-refractivity contribution in [2.24, 2.45) is 0 Å². The first-order chi connectivity index (χ1) is 10.0. The summed E-state index contributed by atoms with van der Waals surface area (Å²) in [6.07, 6.45) is 0.422. The molecular formula is C12H17N5O3S. The van der Waals surface area contributed by atoms with Crippen LogP contribution in [0.3, 0.4) is 0 Å². The van der Waals surface area contributed by atoms with Crippen LogP contribution < -0.4 is 5.73 Å². The molecule has 1 saturated heterocycles. The molecule has 1 aliphatic heterocycles. The van der Waals surface area contributed by atoms with Crippen molar-refractivity contribution in [3.63, 3.8) is 0 Å². The highest BCUT2D eigenvalue weighted by atomic mass is 32.1. The van der Waals surface area contributed by atoms with Crippen molar-refractivity contribution < 1.29 is 14.9 Å². The van der Waals surface area contributed by atoms with Gasteiger partial charge in [-0.1, -0.05) is 6.92 Å². The van der Waals surface area contributed by atoms with Crippen LogP contribution in [0.1, 0.15) is 19.6 Å². The van der Waals surface area contributed by atoms with Gasteiger partial charge in [0.25, 0.3) is 0 Å². The second-order valence-electron chi connectivity index (χ2n) is 5.03. The van der Waals surface area contributed by atoms with Gasteiger partial charge in [-0.25, -0.2) is 15.0 Å². The minimum atomic E-state index is -0.884. The standard InChI is InChI=1S/C12H17N5O3S/c1-2-5(18)8-7(19)9(21)12(20-8)17-4-16-6-10(13)14-3-15-11(6)17/h3-5,7-9,12,18-19,21H,2H2,1H3,(H2,13,14,15)/t5?,7-,8-,9-,12-/m1/s1. The van der Waals surface area contributed by atoms with Gasteiger partial charge in [0.05, 0.1) is 23.8 Å². The van der Waals surface area contributed by atoms with Gasteiger partial charge in [0.2, 0.25) is 0 Å². The van der Waals surface area contributed by atoms with Gasteiger partial charge in [-0.05, 0) is 6.42 Å². The molecule has 3 heterocycles. The molecule has 4 N–H and O–H groups in total. The van der Waals surface area contributed by atoms with E-state index in [9.17, 15) is 10.2 Å². The average Bonchev–Trinajstić information content (AvgIpc) is 3.02. The number of aromatic nitrogens is 4. The maximum Gasteiger partial charge on any atom is 0.167 e. The number of nitrogens with zero attached hydrogens (tertiary/aromatic N) is 4. The topological polar surface area (TPSA) is 119 Å². The Bertz CT molecular complexity index is 651. The predicted molar refractivity (Wildman–Crippen MR) is 78.7 cm³/mol. The van der Waals surface area contributed by atoms with Crippen molar-refractivity contribution in [2.45, 2.75) is 43.1 Å². The summed E-state index contributed by atoms with van der Waals surface area (Å²) in [5, 5.41) is 19.6. The van der Waals surface area contributed by atoms with Crippen molar-refractivity contribution in [3.8, 4) is 0 Å². The quantitative estimate of drug-likeness (QED) is 0.576. The highest BCUT2D eigenvalue weighted by molar-refractivity contribution is 7.81. The van der Waals surface area contributed by atoms with Gasteiger partial charge in [-0.2, -0.15) is 12.6 Å². The Morgan fingerprint density at radius 1 is 1.48 bits per heavy atom. The number of nitrogen functional groups attached to an aromatic ring is 1. The lowest BCUT2D eigenvalue weighted by Gasteiger charge is -2.19. The molecule has 3 rings (SSSR count). The largest absolute Gasteiger partial charge is 0.390 e. The van der Waals surface area contributed by atoms with E-state index in [2.05, 4.69) is 27.6 Å². The fourth-order valence-corrected chi connectivity index (χ4v) is 2.91. The van der Waals surface area contributed by atoms with Crippen molar-refractivity contribution >= 4 is 29.6 Å². The molecule has 0 saturated carbocycles. The Hall–Kier alpha value is -1.42. The summed E-state index contributed by atoms with van der Waals surface area (Å²) in [6, 6.07) is 0. The molecule has 2 aromatic rings. The molecule has 1 unspecified atom stereocenters. The normalized spacial score (nSPS) is 30.9. The SMILES string of the molecule is CCC(O)[C@H]1O[C@@H](n2cnc3c(N)ncnc32)[C@H](S)[C@@H]1O. The lowest BCUT2D eigenvalue weighted by molar-refractivity contribution is -0.0818. The van der Waals surface area contributed by atoms with E-state index < -0.39 is 29.8 Å². The van der Waals surface area contributed by atoms with E-state index in [1.54, 1.807) is 4.57 Å². The second kappa shape index (κ2) is 5.41. The smallest absolute Gasteiger partial charge is 0.167 e. The van der Waals surface area contributed by atoms with Gasteiger partial charge >= 0.3 is 0 Å². The van der Waals surface area contributed by atoms with Gasteiger partial charge in [-0.15, -0.1) is 0 Å². The number of nitrogens with two attached hydrogens (primary N) is 1. The van der Waals surface area contributed by atoms with Gasteiger partial charge < -0.3 is 20.7 Å². The van der Waals surface area contributed by atoms with Crippen LogP contribution in [0.15, 0.2) is 12.7 Å². The lowest BCUT2D eigenvalue weighted by Crippen LogP contribution is -2.36. The molecule has 1 fully saturated rings. The number of aliphatic hydroxyl groups excluding tert-OH is 2. The number of thiol groups is 1. The molecule has 8 nitrogen and oxygen atoms in total. The number of aliphatic hydroxyl groups is 2. The number of rotatable bonds is 3. The summed E-state index contributed by atoms with van der Waals surface area (Å²) in [7, 11) is 0. The van der Waals surface area contributed by atoms with E-state index in [0.29, 0.717) is 17.6 Å². The van der Waals surface area contributed by atoms with Gasteiger partial charge in [0, 0.05) is 0 Å². The first-order valence-electron chi connectivity index (χ1n) is 6.67. The molecule has 0 bridgehead atoms. The molecule has 21 heavy (non-hydrogen) atoms. The summed E-state index contributed by atoms with van der Waals surface area (Å²) in [5.74, 6) is 0.276. The van der Waals surface area contributed by atoms with E-state index in [-0.39, 0.29) is 5.82 Å². The fraction of sp³-hybridized carbons (Fsp3) is 0.583. The monoisotopic (exact) mass is 311 g/mol. The van der Waals surface area contributed by atoms with Crippen LogP contribution in [-0.2, 0) is 4.74 Å². The Labute approximate surface area is 126 Å². The Kier molecular flexibility index (Phi) is 3.74. The van der Waals surface area contributed by atoms with Crippen LogP contribution in [0.4, 0.5) is 5.82 Å². The molecule has 0 amide bonds. The second-order valence-corrected chi connectivity index (χ2v) is 5.63. The summed E-state index contributed by atoms with van der Waals surface area (Å²) in [5.41, 5.74) is 6.72. The zero-order valence-corrected chi connectivity index (χ0v) is 12.3. The van der Waals surface area contributed by atoms with E-state index in [1.165, 1.54) is 12.7 Å². The van der Waals surface area contributed by atoms with Crippen LogP contribution in [0.5, 0.6) is 0 Å². The molecule has 0 aromatic carbocycles. The van der Waals surface area contributed by atoms with Crippen LogP contribution in [0.25, 0.3) is 11.2 Å². The number of anilines is 1. The maximum absolute atomic E-state index is 10.2. The van der Waals surface area contributed by atoms with Gasteiger partial charge in [0.15, 0.2) is 17.7 Å². The number of imidazole rings is 1. The fourth-order valence-electron chi connectivity index (χ4n) is 2.52. The van der Waals surface area contributed by atoms with E-state index in [0.717, 1.165) is 0 Å². The van der Waals surface area contributed by atoms with E-state index in [1.807, 2.05) is 6.92 Å². The third-order valence-corrected chi connectivity index (χ3v) is 4.29. The summed E-state index contributed by atoms with van der Waals surface area (Å²) >= 11 is 4.40.